The Kier molecular flexibility index (Phi) is 4.69. The highest BCUT2D eigenvalue weighted by Gasteiger charge is 2.26. The van der Waals surface area contributed by atoms with E-state index in [0.29, 0.717) is 0 Å². The van der Waals surface area contributed by atoms with Crippen molar-refractivity contribution in [1.29, 1.82) is 0 Å². The van der Waals surface area contributed by atoms with Crippen LogP contribution >= 0.6 is 11.3 Å². The number of rotatable bonds is 3. The number of anilines is 1. The number of benzene rings is 1. The number of aliphatic hydroxyl groups is 1. The number of aliphatic hydroxyl groups excluding tert-OH is 1. The van der Waals surface area contributed by atoms with Crippen molar-refractivity contribution in [2.45, 2.75) is 44.6 Å². The standard InChI is InChI=1S/C22H25N3O2S/c1-27-16-8-6-14(7-9-16)20-23-21(25-12-10-15(26)11-13-25)19-17-4-2-3-5-18(17)28-22(19)24-20/h6-9,15,26H,2-5,10-13H2,1H3. The number of aryl methyl sites for hydroxylation is 2. The SMILES string of the molecule is COc1ccc(-c2nc(N3CCC(O)CC3)c3c4c(sc3n2)CCCC4)cc1. The van der Waals surface area contributed by atoms with E-state index in [4.69, 9.17) is 14.7 Å². The van der Waals surface area contributed by atoms with E-state index in [0.717, 1.165) is 66.6 Å². The molecule has 0 atom stereocenters. The summed E-state index contributed by atoms with van der Waals surface area (Å²) in [5, 5.41) is 11.2. The molecule has 5 rings (SSSR count). The number of nitrogens with zero attached hydrogens (tertiary/aromatic N) is 3. The zero-order chi connectivity index (χ0) is 19.1. The van der Waals surface area contributed by atoms with Crippen LogP contribution in [0.2, 0.25) is 0 Å². The van der Waals surface area contributed by atoms with Gasteiger partial charge in [0.25, 0.3) is 0 Å². The van der Waals surface area contributed by atoms with Crippen molar-refractivity contribution in [3.8, 4) is 17.1 Å². The molecule has 0 amide bonds. The van der Waals surface area contributed by atoms with E-state index in [1.165, 1.54) is 28.7 Å². The molecule has 1 aliphatic heterocycles. The Bertz CT molecular complexity index is 991. The van der Waals surface area contributed by atoms with Crippen molar-refractivity contribution in [3.63, 3.8) is 0 Å². The van der Waals surface area contributed by atoms with Gasteiger partial charge in [0.05, 0.1) is 18.6 Å². The van der Waals surface area contributed by atoms with Gasteiger partial charge in [0.1, 0.15) is 16.4 Å². The number of fused-ring (bicyclic) bond motifs is 3. The van der Waals surface area contributed by atoms with E-state index >= 15 is 0 Å². The van der Waals surface area contributed by atoms with Crippen LogP contribution in [-0.4, -0.2) is 41.4 Å². The molecule has 0 spiro atoms. The van der Waals surface area contributed by atoms with Gasteiger partial charge < -0.3 is 14.7 Å². The highest BCUT2D eigenvalue weighted by atomic mass is 32.1. The first-order valence-electron chi connectivity index (χ1n) is 10.1. The van der Waals surface area contributed by atoms with Crippen LogP contribution in [0.5, 0.6) is 5.75 Å². The van der Waals surface area contributed by atoms with E-state index < -0.39 is 0 Å². The van der Waals surface area contributed by atoms with E-state index in [1.807, 2.05) is 35.6 Å². The molecule has 1 aliphatic carbocycles. The van der Waals surface area contributed by atoms with Gasteiger partial charge in [-0.05, 0) is 68.4 Å². The minimum atomic E-state index is -0.189. The van der Waals surface area contributed by atoms with Crippen LogP contribution in [0.4, 0.5) is 5.82 Å². The first-order valence-corrected chi connectivity index (χ1v) is 10.9. The lowest BCUT2D eigenvalue weighted by molar-refractivity contribution is 0.145. The number of methoxy groups -OCH3 is 1. The molecule has 146 valence electrons. The van der Waals surface area contributed by atoms with Gasteiger partial charge >= 0.3 is 0 Å². The summed E-state index contributed by atoms with van der Waals surface area (Å²) in [6.45, 7) is 1.69. The fourth-order valence-electron chi connectivity index (χ4n) is 4.31. The number of hydrogen-bond acceptors (Lipinski definition) is 6. The quantitative estimate of drug-likeness (QED) is 0.720. The van der Waals surface area contributed by atoms with Crippen molar-refractivity contribution in [1.82, 2.24) is 9.97 Å². The van der Waals surface area contributed by atoms with Gasteiger partial charge in [0.2, 0.25) is 0 Å². The Morgan fingerprint density at radius 3 is 2.57 bits per heavy atom. The van der Waals surface area contributed by atoms with Gasteiger partial charge in [-0.1, -0.05) is 0 Å². The Balaban J connectivity index is 1.65. The van der Waals surface area contributed by atoms with Crippen LogP contribution in [0.15, 0.2) is 24.3 Å². The first-order chi connectivity index (χ1) is 13.7. The summed E-state index contributed by atoms with van der Waals surface area (Å²) in [5.74, 6) is 2.67. The number of ether oxygens (including phenoxy) is 1. The molecular formula is C22H25N3O2S. The third kappa shape index (κ3) is 3.14. The highest BCUT2D eigenvalue weighted by Crippen LogP contribution is 2.41. The number of aromatic nitrogens is 2. The van der Waals surface area contributed by atoms with Crippen molar-refractivity contribution in [3.05, 3.63) is 34.7 Å². The Morgan fingerprint density at radius 1 is 1.07 bits per heavy atom. The summed E-state index contributed by atoms with van der Waals surface area (Å²) in [6, 6.07) is 7.97. The number of piperidine rings is 1. The van der Waals surface area contributed by atoms with Crippen LogP contribution in [0, 0.1) is 0 Å². The number of thiophene rings is 1. The summed E-state index contributed by atoms with van der Waals surface area (Å²) < 4.78 is 5.29. The average Bonchev–Trinajstić information content (AvgIpc) is 3.12. The van der Waals surface area contributed by atoms with E-state index in [1.54, 1.807) is 7.11 Å². The summed E-state index contributed by atoms with van der Waals surface area (Å²) in [6.07, 6.45) is 6.22. The minimum absolute atomic E-state index is 0.189. The topological polar surface area (TPSA) is 58.5 Å². The molecule has 6 heteroatoms. The highest BCUT2D eigenvalue weighted by molar-refractivity contribution is 7.19. The fourth-order valence-corrected chi connectivity index (χ4v) is 5.57. The molecule has 0 radical (unpaired) electrons. The predicted molar refractivity (Wildman–Crippen MR) is 113 cm³/mol. The fraction of sp³-hybridized carbons (Fsp3) is 0.455. The molecular weight excluding hydrogens is 370 g/mol. The number of hydrogen-bond donors (Lipinski definition) is 1. The van der Waals surface area contributed by atoms with E-state index in [9.17, 15) is 5.11 Å². The molecule has 0 bridgehead atoms. The lowest BCUT2D eigenvalue weighted by Crippen LogP contribution is -2.36. The lowest BCUT2D eigenvalue weighted by Gasteiger charge is -2.31. The third-order valence-electron chi connectivity index (χ3n) is 5.91. The van der Waals surface area contributed by atoms with E-state index in [-0.39, 0.29) is 6.10 Å². The van der Waals surface area contributed by atoms with Gasteiger partial charge in [-0.3, -0.25) is 0 Å². The molecule has 3 heterocycles. The van der Waals surface area contributed by atoms with E-state index in [2.05, 4.69) is 4.90 Å². The van der Waals surface area contributed by atoms with Crippen LogP contribution in [0.25, 0.3) is 21.6 Å². The molecule has 1 N–H and O–H groups in total. The Hall–Kier alpha value is -2.18. The van der Waals surface area contributed by atoms with Crippen molar-refractivity contribution >= 4 is 27.4 Å². The summed E-state index contributed by atoms with van der Waals surface area (Å²) in [4.78, 5) is 15.0. The second-order valence-electron chi connectivity index (χ2n) is 7.71. The van der Waals surface area contributed by atoms with Crippen LogP contribution in [0.3, 0.4) is 0 Å². The van der Waals surface area contributed by atoms with Gasteiger partial charge in [0, 0.05) is 23.5 Å². The lowest BCUT2D eigenvalue weighted by atomic mass is 9.96. The van der Waals surface area contributed by atoms with Crippen LogP contribution < -0.4 is 9.64 Å². The monoisotopic (exact) mass is 395 g/mol. The maximum Gasteiger partial charge on any atom is 0.163 e. The molecule has 0 saturated carbocycles. The Labute approximate surface area is 169 Å². The third-order valence-corrected chi connectivity index (χ3v) is 7.09. The molecule has 28 heavy (non-hydrogen) atoms. The van der Waals surface area contributed by atoms with Gasteiger partial charge in [0.15, 0.2) is 5.82 Å². The smallest absolute Gasteiger partial charge is 0.163 e. The predicted octanol–water partition coefficient (Wildman–Crippen LogP) is 4.21. The van der Waals surface area contributed by atoms with Crippen molar-refractivity contribution < 1.29 is 9.84 Å². The molecule has 3 aromatic rings. The first kappa shape index (κ1) is 17.9. The van der Waals surface area contributed by atoms with Crippen LogP contribution in [-0.2, 0) is 12.8 Å². The van der Waals surface area contributed by atoms with Crippen molar-refractivity contribution in [2.24, 2.45) is 0 Å². The van der Waals surface area contributed by atoms with Gasteiger partial charge in [-0.2, -0.15) is 0 Å². The molecule has 2 aliphatic rings. The summed E-state index contributed by atoms with van der Waals surface area (Å²) in [5.41, 5.74) is 2.47. The Morgan fingerprint density at radius 2 is 1.82 bits per heavy atom. The second-order valence-corrected chi connectivity index (χ2v) is 8.79. The zero-order valence-corrected chi connectivity index (χ0v) is 17.0. The second kappa shape index (κ2) is 7.33. The molecule has 0 unspecified atom stereocenters. The van der Waals surface area contributed by atoms with Gasteiger partial charge in [-0.15, -0.1) is 11.3 Å². The van der Waals surface area contributed by atoms with Crippen molar-refractivity contribution in [2.75, 3.05) is 25.1 Å². The normalized spacial score (nSPS) is 17.7. The van der Waals surface area contributed by atoms with Crippen LogP contribution in [0.1, 0.15) is 36.1 Å². The average molecular weight is 396 g/mol. The maximum absolute atomic E-state index is 9.95. The molecule has 2 aromatic heterocycles. The summed E-state index contributed by atoms with van der Waals surface area (Å²) >= 11 is 1.84. The largest absolute Gasteiger partial charge is 0.497 e. The zero-order valence-electron chi connectivity index (χ0n) is 16.1. The van der Waals surface area contributed by atoms with Gasteiger partial charge in [-0.25, -0.2) is 9.97 Å². The molecule has 1 saturated heterocycles. The maximum atomic E-state index is 9.95. The molecule has 1 aromatic carbocycles. The minimum Gasteiger partial charge on any atom is -0.497 e. The molecule has 1 fully saturated rings. The summed E-state index contributed by atoms with van der Waals surface area (Å²) in [7, 11) is 1.68. The molecule has 5 nitrogen and oxygen atoms in total.